The lowest BCUT2D eigenvalue weighted by atomic mass is 10.1. The number of carboxylic acids is 1. The maximum absolute atomic E-state index is 12.9. The molecule has 2 heterocycles. The van der Waals surface area contributed by atoms with Crippen LogP contribution in [0.15, 0.2) is 83.2 Å². The summed E-state index contributed by atoms with van der Waals surface area (Å²) >= 11 is 2.86. The molecule has 0 amide bonds. The summed E-state index contributed by atoms with van der Waals surface area (Å²) in [6.07, 6.45) is 4.65. The zero-order valence-electron chi connectivity index (χ0n) is 18.1. The molecule has 0 atom stereocenters. The molecule has 0 radical (unpaired) electrons. The Hall–Kier alpha value is -3.29. The highest BCUT2D eigenvalue weighted by Gasteiger charge is 2.15. The van der Waals surface area contributed by atoms with Crippen LogP contribution in [0, 0.1) is 0 Å². The monoisotopic (exact) mass is 477 g/mol. The van der Waals surface area contributed by atoms with Crippen molar-refractivity contribution >= 4 is 34.9 Å². The second-order valence-electron chi connectivity index (χ2n) is 7.34. The highest BCUT2D eigenvalue weighted by atomic mass is 32.2. The summed E-state index contributed by atoms with van der Waals surface area (Å²) in [5.74, 6) is -0.234. The maximum atomic E-state index is 12.9. The molecular formula is C26H23NO4S2. The first kappa shape index (κ1) is 22.9. The van der Waals surface area contributed by atoms with E-state index in [1.165, 1.54) is 11.3 Å². The predicted octanol–water partition coefficient (Wildman–Crippen LogP) is 6.34. The summed E-state index contributed by atoms with van der Waals surface area (Å²) in [4.78, 5) is 25.8. The first-order valence-electron chi connectivity index (χ1n) is 10.4. The minimum Gasteiger partial charge on any atom is -0.494 e. The van der Waals surface area contributed by atoms with Gasteiger partial charge in [-0.2, -0.15) is 0 Å². The van der Waals surface area contributed by atoms with Crippen molar-refractivity contribution < 1.29 is 19.4 Å². The van der Waals surface area contributed by atoms with Crippen LogP contribution in [0.2, 0.25) is 0 Å². The summed E-state index contributed by atoms with van der Waals surface area (Å²) in [7, 11) is 0. The Bertz CT molecular complexity index is 1260. The Balaban J connectivity index is 1.36. The molecule has 2 aromatic carbocycles. The number of ether oxygens (including phenoxy) is 1. The van der Waals surface area contributed by atoms with Crippen LogP contribution < -0.4 is 4.74 Å². The quantitative estimate of drug-likeness (QED) is 0.164. The molecule has 7 heteroatoms. The number of thiophene rings is 1. The van der Waals surface area contributed by atoms with Gasteiger partial charge in [0, 0.05) is 28.8 Å². The number of benzene rings is 2. The fourth-order valence-corrected chi connectivity index (χ4v) is 4.75. The van der Waals surface area contributed by atoms with Crippen LogP contribution in [0.1, 0.15) is 32.1 Å². The van der Waals surface area contributed by atoms with Gasteiger partial charge in [0.25, 0.3) is 0 Å². The summed E-state index contributed by atoms with van der Waals surface area (Å²) in [6.45, 7) is 1.14. The van der Waals surface area contributed by atoms with Gasteiger partial charge in [0.05, 0.1) is 12.3 Å². The van der Waals surface area contributed by atoms with Crippen molar-refractivity contribution in [2.75, 3.05) is 12.9 Å². The van der Waals surface area contributed by atoms with E-state index < -0.39 is 5.97 Å². The van der Waals surface area contributed by atoms with Crippen LogP contribution in [-0.2, 0) is 6.54 Å². The lowest BCUT2D eigenvalue weighted by Gasteiger charge is -2.11. The largest absolute Gasteiger partial charge is 0.494 e. The van der Waals surface area contributed by atoms with Gasteiger partial charge in [-0.3, -0.25) is 4.79 Å². The number of carbonyl (C=O) groups is 2. The van der Waals surface area contributed by atoms with Crippen LogP contribution in [0.4, 0.5) is 0 Å². The van der Waals surface area contributed by atoms with E-state index in [0.29, 0.717) is 40.6 Å². The Morgan fingerprint density at radius 1 is 1.06 bits per heavy atom. The lowest BCUT2D eigenvalue weighted by molar-refractivity contribution is 0.0702. The molecular weight excluding hydrogens is 454 g/mol. The van der Waals surface area contributed by atoms with E-state index in [-0.39, 0.29) is 5.78 Å². The smallest absolute Gasteiger partial charge is 0.346 e. The third kappa shape index (κ3) is 5.38. The minimum absolute atomic E-state index is 0.00581. The van der Waals surface area contributed by atoms with E-state index >= 15 is 0 Å². The van der Waals surface area contributed by atoms with Gasteiger partial charge >= 0.3 is 5.97 Å². The second kappa shape index (κ2) is 10.6. The molecule has 4 aromatic rings. The molecule has 33 heavy (non-hydrogen) atoms. The number of ketones is 1. The van der Waals surface area contributed by atoms with E-state index in [1.54, 1.807) is 17.1 Å². The van der Waals surface area contributed by atoms with Crippen molar-refractivity contribution in [3.8, 4) is 16.9 Å². The fraction of sp³-hybridized carbons (Fsp3) is 0.154. The first-order valence-corrected chi connectivity index (χ1v) is 12.5. The number of thioether (sulfide) groups is 1. The van der Waals surface area contributed by atoms with Crippen LogP contribution in [0.25, 0.3) is 11.1 Å². The van der Waals surface area contributed by atoms with E-state index in [9.17, 15) is 14.7 Å². The van der Waals surface area contributed by atoms with Gasteiger partial charge in [0.15, 0.2) is 0 Å². The standard InChI is InChI=1S/C26H23NO4S2/c1-32-21-10-8-18(9-11-21)24(28)23-7-3-13-27(23)14-4-15-31-20-6-2-5-19(17-20)22-12-16-33-25(22)26(29)30/h2-3,5-13,16-17H,4,14-15H2,1H3,(H,29,30). The maximum Gasteiger partial charge on any atom is 0.346 e. The molecule has 168 valence electrons. The van der Waals surface area contributed by atoms with Gasteiger partial charge in [0.2, 0.25) is 5.78 Å². The van der Waals surface area contributed by atoms with E-state index in [0.717, 1.165) is 16.9 Å². The Morgan fingerprint density at radius 3 is 2.64 bits per heavy atom. The van der Waals surface area contributed by atoms with Crippen molar-refractivity contribution in [3.05, 3.63) is 94.4 Å². The van der Waals surface area contributed by atoms with Gasteiger partial charge in [-0.25, -0.2) is 4.79 Å². The van der Waals surface area contributed by atoms with Gasteiger partial charge in [-0.15, -0.1) is 23.1 Å². The minimum atomic E-state index is -0.927. The molecule has 0 spiro atoms. The summed E-state index contributed by atoms with van der Waals surface area (Å²) in [5, 5.41) is 11.1. The molecule has 0 aliphatic heterocycles. The molecule has 0 aliphatic carbocycles. The summed E-state index contributed by atoms with van der Waals surface area (Å²) in [6, 6.07) is 20.7. The zero-order valence-corrected chi connectivity index (χ0v) is 19.7. The molecule has 0 aliphatic rings. The van der Waals surface area contributed by atoms with Crippen molar-refractivity contribution in [1.82, 2.24) is 4.57 Å². The van der Waals surface area contributed by atoms with Gasteiger partial charge < -0.3 is 14.4 Å². The van der Waals surface area contributed by atoms with Crippen LogP contribution in [0.5, 0.6) is 5.75 Å². The number of hydrogen-bond donors (Lipinski definition) is 1. The molecule has 5 nitrogen and oxygen atoms in total. The van der Waals surface area contributed by atoms with Crippen LogP contribution >= 0.6 is 23.1 Å². The Kier molecular flexibility index (Phi) is 7.32. The molecule has 0 unspecified atom stereocenters. The van der Waals surface area contributed by atoms with Crippen molar-refractivity contribution in [1.29, 1.82) is 0 Å². The average Bonchev–Trinajstić information content (AvgIpc) is 3.52. The van der Waals surface area contributed by atoms with Crippen LogP contribution in [0.3, 0.4) is 0 Å². The first-order chi connectivity index (χ1) is 16.1. The fourth-order valence-electron chi connectivity index (χ4n) is 3.59. The number of carbonyl (C=O) groups excluding carboxylic acids is 1. The zero-order chi connectivity index (χ0) is 23.2. The van der Waals surface area contributed by atoms with E-state index in [4.69, 9.17) is 4.74 Å². The number of aromatic nitrogens is 1. The van der Waals surface area contributed by atoms with Crippen molar-refractivity contribution in [2.24, 2.45) is 0 Å². The highest BCUT2D eigenvalue weighted by Crippen LogP contribution is 2.30. The van der Waals surface area contributed by atoms with Crippen molar-refractivity contribution in [3.63, 3.8) is 0 Å². The second-order valence-corrected chi connectivity index (χ2v) is 9.14. The number of carboxylic acid groups (broad SMARTS) is 1. The molecule has 0 bridgehead atoms. The number of aryl methyl sites for hydroxylation is 1. The van der Waals surface area contributed by atoms with Crippen molar-refractivity contribution in [2.45, 2.75) is 17.9 Å². The Labute approximate surface area is 200 Å². The molecule has 1 N–H and O–H groups in total. The summed E-state index contributed by atoms with van der Waals surface area (Å²) in [5.41, 5.74) is 2.85. The predicted molar refractivity (Wildman–Crippen MR) is 133 cm³/mol. The van der Waals surface area contributed by atoms with Gasteiger partial charge in [0.1, 0.15) is 10.6 Å². The van der Waals surface area contributed by atoms with Crippen LogP contribution in [-0.4, -0.2) is 34.3 Å². The molecule has 0 saturated heterocycles. The van der Waals surface area contributed by atoms with Gasteiger partial charge in [-0.1, -0.05) is 12.1 Å². The molecule has 0 fully saturated rings. The van der Waals surface area contributed by atoms with Gasteiger partial charge in [-0.05, 0) is 78.2 Å². The highest BCUT2D eigenvalue weighted by molar-refractivity contribution is 7.98. The summed E-state index contributed by atoms with van der Waals surface area (Å²) < 4.78 is 7.86. The lowest BCUT2D eigenvalue weighted by Crippen LogP contribution is -2.11. The Morgan fingerprint density at radius 2 is 1.88 bits per heavy atom. The molecule has 0 saturated carbocycles. The number of rotatable bonds is 10. The van der Waals surface area contributed by atoms with E-state index in [1.807, 2.05) is 83.7 Å². The average molecular weight is 478 g/mol. The number of aromatic carboxylic acids is 1. The third-order valence-corrected chi connectivity index (χ3v) is 6.88. The number of hydrogen-bond acceptors (Lipinski definition) is 5. The van der Waals surface area contributed by atoms with E-state index in [2.05, 4.69) is 0 Å². The SMILES string of the molecule is CSc1ccc(C(=O)c2cccn2CCCOc2cccc(-c3ccsc3C(=O)O)c2)cc1. The number of nitrogens with zero attached hydrogens (tertiary/aromatic N) is 1. The third-order valence-electron chi connectivity index (χ3n) is 5.23. The molecule has 4 rings (SSSR count). The molecule has 2 aromatic heterocycles. The topological polar surface area (TPSA) is 68.5 Å². The normalized spacial score (nSPS) is 10.8.